The Morgan fingerprint density at radius 1 is 0.929 bits per heavy atom. The van der Waals surface area contributed by atoms with Crippen molar-refractivity contribution >= 4 is 46.5 Å². The van der Waals surface area contributed by atoms with Crippen LogP contribution in [0.15, 0.2) is 60.7 Å². The highest BCUT2D eigenvalue weighted by Gasteiger charge is 2.37. The van der Waals surface area contributed by atoms with Crippen LogP contribution in [0.5, 0.6) is 11.5 Å². The number of ether oxygens (including phenoxy) is 2. The fourth-order valence-corrected chi connectivity index (χ4v) is 4.09. The molecule has 0 aromatic heterocycles. The van der Waals surface area contributed by atoms with Gasteiger partial charge in [0.15, 0.2) is 5.78 Å². The average molecular weight is 595 g/mol. The SMILES string of the molecule is Cc1ccc(OCCCC(=O)Nc2ccc(Cl)c(NC(=O)C(Oc3ccc(C(=O)O)cc3)C(=O)C(C)(C)C)c2)c(C)c1. The number of Topliss-reactive ketones (excluding diaryl/α,β-unsaturated/α-hetero) is 1. The zero-order valence-electron chi connectivity index (χ0n) is 24.2. The average Bonchev–Trinajstić information content (AvgIpc) is 2.92. The van der Waals surface area contributed by atoms with Gasteiger partial charge in [-0.15, -0.1) is 0 Å². The molecule has 0 bridgehead atoms. The van der Waals surface area contributed by atoms with Crippen molar-refractivity contribution in [3.8, 4) is 11.5 Å². The zero-order chi connectivity index (χ0) is 31.0. The van der Waals surface area contributed by atoms with E-state index >= 15 is 0 Å². The van der Waals surface area contributed by atoms with Gasteiger partial charge in [-0.1, -0.05) is 50.1 Å². The van der Waals surface area contributed by atoms with Gasteiger partial charge >= 0.3 is 5.97 Å². The Hall–Kier alpha value is -4.37. The molecule has 3 aromatic rings. The van der Waals surface area contributed by atoms with E-state index in [-0.39, 0.29) is 34.4 Å². The molecular weight excluding hydrogens is 560 g/mol. The molecule has 0 aliphatic carbocycles. The lowest BCUT2D eigenvalue weighted by atomic mass is 9.87. The van der Waals surface area contributed by atoms with Gasteiger partial charge in [0.1, 0.15) is 11.5 Å². The summed E-state index contributed by atoms with van der Waals surface area (Å²) in [6.07, 6.45) is -0.837. The number of carboxylic acid groups (broad SMARTS) is 1. The third kappa shape index (κ3) is 9.07. The van der Waals surface area contributed by atoms with Crippen molar-refractivity contribution in [3.63, 3.8) is 0 Å². The number of ketones is 1. The Bertz CT molecular complexity index is 1460. The minimum atomic E-state index is -1.55. The standard InChI is InChI=1S/C32H35ClN2O7/c1-19-8-15-26(20(2)17-19)41-16-6-7-27(36)34-22-11-14-24(33)25(18-22)35-30(38)28(29(37)32(3,4)5)42-23-12-9-21(10-13-23)31(39)40/h8-15,17-18,28H,6-7,16H2,1-5H3,(H,34,36)(H,35,38)(H,39,40). The molecule has 0 heterocycles. The molecule has 3 N–H and O–H groups in total. The topological polar surface area (TPSA) is 131 Å². The zero-order valence-corrected chi connectivity index (χ0v) is 25.0. The number of halogens is 1. The lowest BCUT2D eigenvalue weighted by molar-refractivity contribution is -0.140. The van der Waals surface area contributed by atoms with Crippen molar-refractivity contribution in [1.29, 1.82) is 0 Å². The van der Waals surface area contributed by atoms with E-state index in [9.17, 15) is 19.2 Å². The number of hydrogen-bond acceptors (Lipinski definition) is 6. The monoisotopic (exact) mass is 594 g/mol. The molecule has 9 nitrogen and oxygen atoms in total. The van der Waals surface area contributed by atoms with Gasteiger partial charge in [0, 0.05) is 17.5 Å². The quantitative estimate of drug-likeness (QED) is 0.162. The van der Waals surface area contributed by atoms with Crippen LogP contribution in [0.1, 0.15) is 55.1 Å². The molecule has 10 heteroatoms. The Morgan fingerprint density at radius 2 is 1.62 bits per heavy atom. The summed E-state index contributed by atoms with van der Waals surface area (Å²) in [5, 5.41) is 14.7. The van der Waals surface area contributed by atoms with Gasteiger partial charge in [0.2, 0.25) is 12.0 Å². The molecule has 0 radical (unpaired) electrons. The summed E-state index contributed by atoms with van der Waals surface area (Å²) in [7, 11) is 0. The molecule has 0 saturated heterocycles. The van der Waals surface area contributed by atoms with Gasteiger partial charge in [-0.25, -0.2) is 4.79 Å². The third-order valence-electron chi connectivity index (χ3n) is 6.21. The predicted molar refractivity (Wildman–Crippen MR) is 162 cm³/mol. The van der Waals surface area contributed by atoms with E-state index in [1.807, 2.05) is 32.0 Å². The second-order valence-corrected chi connectivity index (χ2v) is 11.3. The van der Waals surface area contributed by atoms with E-state index in [4.69, 9.17) is 26.2 Å². The summed E-state index contributed by atoms with van der Waals surface area (Å²) in [4.78, 5) is 50.1. The van der Waals surface area contributed by atoms with Gasteiger partial charge in [0.05, 0.1) is 22.9 Å². The largest absolute Gasteiger partial charge is 0.493 e. The van der Waals surface area contributed by atoms with E-state index < -0.39 is 29.2 Å². The number of hydrogen-bond donors (Lipinski definition) is 3. The number of carbonyl (C=O) groups is 4. The molecule has 0 saturated carbocycles. The number of rotatable bonds is 12. The van der Waals surface area contributed by atoms with Crippen molar-refractivity contribution in [1.82, 2.24) is 0 Å². The van der Waals surface area contributed by atoms with Crippen LogP contribution in [-0.4, -0.2) is 41.4 Å². The molecule has 2 amide bonds. The highest BCUT2D eigenvalue weighted by molar-refractivity contribution is 6.34. The van der Waals surface area contributed by atoms with Crippen LogP contribution in [-0.2, 0) is 14.4 Å². The molecule has 0 aliphatic rings. The van der Waals surface area contributed by atoms with Crippen LogP contribution in [0.3, 0.4) is 0 Å². The van der Waals surface area contributed by atoms with Crippen molar-refractivity contribution in [2.24, 2.45) is 5.41 Å². The van der Waals surface area contributed by atoms with Crippen molar-refractivity contribution in [3.05, 3.63) is 82.4 Å². The Morgan fingerprint density at radius 3 is 2.24 bits per heavy atom. The number of amides is 2. The van der Waals surface area contributed by atoms with Crippen LogP contribution in [0.25, 0.3) is 0 Å². The Balaban J connectivity index is 1.64. The molecule has 222 valence electrons. The van der Waals surface area contributed by atoms with Gasteiger partial charge in [-0.2, -0.15) is 0 Å². The van der Waals surface area contributed by atoms with E-state index in [1.54, 1.807) is 26.8 Å². The number of carboxylic acids is 1. The summed E-state index contributed by atoms with van der Waals surface area (Å²) in [5.41, 5.74) is 1.86. The summed E-state index contributed by atoms with van der Waals surface area (Å²) in [6.45, 7) is 9.32. The smallest absolute Gasteiger partial charge is 0.335 e. The van der Waals surface area contributed by atoms with Crippen molar-refractivity contribution in [2.45, 2.75) is 53.6 Å². The number of aromatic carboxylic acids is 1. The van der Waals surface area contributed by atoms with Gasteiger partial charge in [-0.3, -0.25) is 14.4 Å². The molecule has 1 atom stereocenters. The molecule has 0 aliphatic heterocycles. The number of carbonyl (C=O) groups excluding carboxylic acids is 3. The first-order valence-electron chi connectivity index (χ1n) is 13.4. The van der Waals surface area contributed by atoms with Gasteiger partial charge < -0.3 is 25.2 Å². The van der Waals surface area contributed by atoms with Crippen molar-refractivity contribution in [2.75, 3.05) is 17.2 Å². The Kier molecular flexibility index (Phi) is 10.7. The van der Waals surface area contributed by atoms with Crippen LogP contribution < -0.4 is 20.1 Å². The van der Waals surface area contributed by atoms with Gasteiger partial charge in [-0.05, 0) is 74.4 Å². The minimum Gasteiger partial charge on any atom is -0.493 e. The second-order valence-electron chi connectivity index (χ2n) is 10.9. The normalized spacial score (nSPS) is 11.8. The first kappa shape index (κ1) is 32.1. The highest BCUT2D eigenvalue weighted by atomic mass is 35.5. The molecule has 0 spiro atoms. The summed E-state index contributed by atoms with van der Waals surface area (Å²) in [5.74, 6) is -1.70. The maximum Gasteiger partial charge on any atom is 0.335 e. The minimum absolute atomic E-state index is 0.0324. The highest BCUT2D eigenvalue weighted by Crippen LogP contribution is 2.28. The van der Waals surface area contributed by atoms with E-state index in [1.165, 1.54) is 36.4 Å². The third-order valence-corrected chi connectivity index (χ3v) is 6.54. The van der Waals surface area contributed by atoms with Gasteiger partial charge in [0.25, 0.3) is 5.91 Å². The molecule has 3 aromatic carbocycles. The summed E-state index contributed by atoms with van der Waals surface area (Å²) in [6, 6.07) is 15.9. The van der Waals surface area contributed by atoms with Crippen LogP contribution in [0, 0.1) is 19.3 Å². The number of aryl methyl sites for hydroxylation is 2. The van der Waals surface area contributed by atoms with Crippen molar-refractivity contribution < 1.29 is 33.8 Å². The Labute approximate surface area is 250 Å². The first-order chi connectivity index (χ1) is 19.7. The van der Waals surface area contributed by atoms with Crippen LogP contribution in [0.4, 0.5) is 11.4 Å². The molecule has 42 heavy (non-hydrogen) atoms. The maximum atomic E-state index is 13.3. The molecule has 0 fully saturated rings. The van der Waals surface area contributed by atoms with E-state index in [0.29, 0.717) is 18.7 Å². The molecule has 3 rings (SSSR count). The summed E-state index contributed by atoms with van der Waals surface area (Å²) < 4.78 is 11.5. The van der Waals surface area contributed by atoms with E-state index in [2.05, 4.69) is 10.6 Å². The molecular formula is C32H35ClN2O7. The van der Waals surface area contributed by atoms with Crippen LogP contribution >= 0.6 is 11.6 Å². The van der Waals surface area contributed by atoms with Crippen LogP contribution in [0.2, 0.25) is 5.02 Å². The number of anilines is 2. The lowest BCUT2D eigenvalue weighted by Gasteiger charge is -2.25. The lowest BCUT2D eigenvalue weighted by Crippen LogP contribution is -2.45. The van der Waals surface area contributed by atoms with E-state index in [0.717, 1.165) is 16.9 Å². The number of benzene rings is 3. The number of nitrogens with one attached hydrogen (secondary N) is 2. The second kappa shape index (κ2) is 14.0. The molecule has 1 unspecified atom stereocenters. The fourth-order valence-electron chi connectivity index (χ4n) is 3.93. The summed E-state index contributed by atoms with van der Waals surface area (Å²) >= 11 is 6.32. The predicted octanol–water partition coefficient (Wildman–Crippen LogP) is 6.45. The maximum absolute atomic E-state index is 13.3. The fraction of sp³-hybridized carbons (Fsp3) is 0.312. The first-order valence-corrected chi connectivity index (χ1v) is 13.8.